The zero-order valence-corrected chi connectivity index (χ0v) is 16.3. The van der Waals surface area contributed by atoms with Gasteiger partial charge in [0.2, 0.25) is 5.91 Å². The first-order valence-electron chi connectivity index (χ1n) is 9.67. The van der Waals surface area contributed by atoms with Crippen LogP contribution in [0.3, 0.4) is 0 Å². The summed E-state index contributed by atoms with van der Waals surface area (Å²) in [6.45, 7) is 1.33. The van der Waals surface area contributed by atoms with Gasteiger partial charge in [-0.3, -0.25) is 4.79 Å². The molecule has 9 nitrogen and oxygen atoms in total. The van der Waals surface area contributed by atoms with Gasteiger partial charge in [-0.1, -0.05) is 30.3 Å². The Bertz CT molecular complexity index is 653. The molecule has 0 radical (unpaired) electrons. The fourth-order valence-corrected chi connectivity index (χ4v) is 3.24. The van der Waals surface area contributed by atoms with Crippen molar-refractivity contribution < 1.29 is 39.5 Å². The summed E-state index contributed by atoms with van der Waals surface area (Å²) < 4.78 is 10.4. The number of benzene rings is 1. The maximum absolute atomic E-state index is 12.4. The van der Waals surface area contributed by atoms with Gasteiger partial charge in [0, 0.05) is 12.8 Å². The van der Waals surface area contributed by atoms with E-state index in [0.29, 0.717) is 0 Å². The zero-order chi connectivity index (χ0) is 21.4. The van der Waals surface area contributed by atoms with Gasteiger partial charge in [-0.05, 0) is 18.9 Å². The lowest BCUT2D eigenvalue weighted by atomic mass is 9.93. The number of hydrogen-bond acceptors (Lipinski definition) is 8. The Balaban J connectivity index is 1.94. The maximum Gasteiger partial charge on any atom is 0.328 e. The van der Waals surface area contributed by atoms with Crippen molar-refractivity contribution in [2.45, 2.75) is 62.7 Å². The van der Waals surface area contributed by atoms with Gasteiger partial charge in [0.25, 0.3) is 0 Å². The van der Waals surface area contributed by atoms with Gasteiger partial charge in [0.1, 0.15) is 30.5 Å². The van der Waals surface area contributed by atoms with E-state index in [9.17, 15) is 30.0 Å². The van der Waals surface area contributed by atoms with Gasteiger partial charge in [-0.25, -0.2) is 4.79 Å². The summed E-state index contributed by atoms with van der Waals surface area (Å²) in [5, 5.41) is 41.5. The number of amides is 1. The number of esters is 1. The van der Waals surface area contributed by atoms with E-state index in [1.54, 1.807) is 6.92 Å². The molecule has 0 aromatic heterocycles. The summed E-state index contributed by atoms with van der Waals surface area (Å²) in [4.78, 5) is 24.6. The van der Waals surface area contributed by atoms with Gasteiger partial charge in [-0.15, -0.1) is 0 Å². The predicted molar refractivity (Wildman–Crippen MR) is 102 cm³/mol. The number of ether oxygens (including phenoxy) is 2. The van der Waals surface area contributed by atoms with Crippen LogP contribution in [-0.2, 0) is 25.5 Å². The van der Waals surface area contributed by atoms with Crippen LogP contribution in [0.4, 0.5) is 0 Å². The molecule has 2 rings (SSSR count). The molecular weight excluding hydrogens is 382 g/mol. The van der Waals surface area contributed by atoms with E-state index in [-0.39, 0.29) is 25.9 Å². The van der Waals surface area contributed by atoms with Crippen LogP contribution in [0.15, 0.2) is 30.3 Å². The molecule has 0 saturated carbocycles. The fourth-order valence-electron chi connectivity index (χ4n) is 3.24. The molecule has 29 heavy (non-hydrogen) atoms. The second-order valence-electron chi connectivity index (χ2n) is 6.97. The minimum atomic E-state index is -1.49. The van der Waals surface area contributed by atoms with Crippen molar-refractivity contribution in [2.75, 3.05) is 13.2 Å². The summed E-state index contributed by atoms with van der Waals surface area (Å²) in [6, 6.07) is 8.33. The minimum Gasteiger partial charge on any atom is -0.464 e. The number of hydrogen-bond donors (Lipinski definition) is 5. The van der Waals surface area contributed by atoms with Gasteiger partial charge in [0.05, 0.1) is 19.3 Å². The molecule has 1 aromatic rings. The summed E-state index contributed by atoms with van der Waals surface area (Å²) in [5.74, 6) is -0.992. The molecule has 0 aliphatic carbocycles. The Morgan fingerprint density at radius 3 is 2.38 bits per heavy atom. The molecule has 5 N–H and O–H groups in total. The fraction of sp³-hybridized carbons (Fsp3) is 0.600. The van der Waals surface area contributed by atoms with Crippen molar-refractivity contribution in [1.82, 2.24) is 5.32 Å². The molecule has 1 amide bonds. The lowest BCUT2D eigenvalue weighted by molar-refractivity contribution is -0.230. The van der Waals surface area contributed by atoms with Crippen LogP contribution in [-0.4, -0.2) is 82.1 Å². The van der Waals surface area contributed by atoms with E-state index in [0.717, 1.165) is 5.56 Å². The van der Waals surface area contributed by atoms with Crippen LogP contribution in [0, 0.1) is 0 Å². The number of rotatable bonds is 9. The number of aliphatic hydroxyl groups excluding tert-OH is 4. The van der Waals surface area contributed by atoms with Crippen LogP contribution in [0.5, 0.6) is 0 Å². The van der Waals surface area contributed by atoms with Crippen molar-refractivity contribution in [3.05, 3.63) is 35.9 Å². The largest absolute Gasteiger partial charge is 0.464 e. The van der Waals surface area contributed by atoms with E-state index < -0.39 is 55.0 Å². The average Bonchev–Trinajstić information content (AvgIpc) is 2.72. The molecule has 1 heterocycles. The van der Waals surface area contributed by atoms with Crippen LogP contribution in [0.1, 0.15) is 25.3 Å². The topological polar surface area (TPSA) is 146 Å². The Kier molecular flexibility index (Phi) is 8.99. The molecule has 6 atom stereocenters. The van der Waals surface area contributed by atoms with E-state index in [2.05, 4.69) is 5.32 Å². The molecule has 0 spiro atoms. The third-order valence-electron chi connectivity index (χ3n) is 4.84. The Morgan fingerprint density at radius 2 is 1.76 bits per heavy atom. The lowest BCUT2D eigenvalue weighted by Crippen LogP contribution is -2.58. The highest BCUT2D eigenvalue weighted by Gasteiger charge is 2.43. The van der Waals surface area contributed by atoms with Crippen molar-refractivity contribution >= 4 is 11.9 Å². The van der Waals surface area contributed by atoms with Crippen molar-refractivity contribution in [3.8, 4) is 0 Å². The summed E-state index contributed by atoms with van der Waals surface area (Å²) in [7, 11) is 0. The van der Waals surface area contributed by atoms with Gasteiger partial charge in [0.15, 0.2) is 0 Å². The smallest absolute Gasteiger partial charge is 0.328 e. The first-order chi connectivity index (χ1) is 13.9. The Morgan fingerprint density at radius 1 is 1.10 bits per heavy atom. The molecule has 9 heteroatoms. The molecule has 1 aliphatic rings. The standard InChI is InChI=1S/C20H29NO8/c1-2-28-20(27)13(10-12-6-4-3-5-7-12)21-16(23)9-8-14-17(24)19(26)18(25)15(11-22)29-14/h3-7,13-15,17-19,22,24-26H,2,8-11H2,1H3,(H,21,23)/t13-,14+,15+,17-,18-,19+/m0/s1. The van der Waals surface area contributed by atoms with Crippen LogP contribution >= 0.6 is 0 Å². The van der Waals surface area contributed by atoms with E-state index in [1.165, 1.54) is 0 Å². The third kappa shape index (κ3) is 6.48. The maximum atomic E-state index is 12.4. The number of carbonyl (C=O) groups excluding carboxylic acids is 2. The SMILES string of the molecule is CCOC(=O)[C@H](Cc1ccccc1)NC(=O)CC[C@H]1O[C@H](CO)[C@H](O)[C@H](O)[C@H]1O. The number of aliphatic hydroxyl groups is 4. The minimum absolute atomic E-state index is 0.0359. The van der Waals surface area contributed by atoms with Gasteiger partial charge < -0.3 is 35.2 Å². The second kappa shape index (κ2) is 11.2. The van der Waals surface area contributed by atoms with Crippen molar-refractivity contribution in [3.63, 3.8) is 0 Å². The zero-order valence-electron chi connectivity index (χ0n) is 16.3. The van der Waals surface area contributed by atoms with Crippen LogP contribution in [0.25, 0.3) is 0 Å². The normalized spacial score (nSPS) is 27.8. The molecule has 0 bridgehead atoms. The Labute approximate surface area is 169 Å². The van der Waals surface area contributed by atoms with Crippen molar-refractivity contribution in [1.29, 1.82) is 0 Å². The molecule has 1 fully saturated rings. The predicted octanol–water partition coefficient (Wildman–Crippen LogP) is -1.10. The van der Waals surface area contributed by atoms with E-state index in [1.807, 2.05) is 30.3 Å². The van der Waals surface area contributed by atoms with Crippen LogP contribution < -0.4 is 5.32 Å². The van der Waals surface area contributed by atoms with E-state index in [4.69, 9.17) is 9.47 Å². The summed E-state index contributed by atoms with van der Waals surface area (Å²) in [5.41, 5.74) is 0.861. The quantitative estimate of drug-likeness (QED) is 0.322. The highest BCUT2D eigenvalue weighted by atomic mass is 16.5. The number of nitrogens with one attached hydrogen (secondary N) is 1. The Hall–Kier alpha value is -2.04. The molecule has 1 aromatic carbocycles. The molecular formula is C20H29NO8. The monoisotopic (exact) mass is 411 g/mol. The molecule has 1 saturated heterocycles. The first kappa shape index (κ1) is 23.2. The lowest BCUT2D eigenvalue weighted by Gasteiger charge is -2.40. The van der Waals surface area contributed by atoms with Crippen LogP contribution in [0.2, 0.25) is 0 Å². The summed E-state index contributed by atoms with van der Waals surface area (Å²) in [6.07, 6.45) is -6.07. The second-order valence-corrected chi connectivity index (χ2v) is 6.97. The van der Waals surface area contributed by atoms with Gasteiger partial charge >= 0.3 is 5.97 Å². The molecule has 0 unspecified atom stereocenters. The molecule has 162 valence electrons. The first-order valence-corrected chi connectivity index (χ1v) is 9.67. The van der Waals surface area contributed by atoms with Crippen molar-refractivity contribution in [2.24, 2.45) is 0 Å². The van der Waals surface area contributed by atoms with Gasteiger partial charge in [-0.2, -0.15) is 0 Å². The molecule has 1 aliphatic heterocycles. The highest BCUT2D eigenvalue weighted by molar-refractivity contribution is 5.84. The van der Waals surface area contributed by atoms with E-state index >= 15 is 0 Å². The summed E-state index contributed by atoms with van der Waals surface area (Å²) >= 11 is 0. The third-order valence-corrected chi connectivity index (χ3v) is 4.84. The number of carbonyl (C=O) groups is 2. The average molecular weight is 411 g/mol. The highest BCUT2D eigenvalue weighted by Crippen LogP contribution is 2.24.